The van der Waals surface area contributed by atoms with Gasteiger partial charge in [0, 0.05) is 12.8 Å². The number of allylic oxidation sites excluding steroid dienone is 7. The molecular weight excluding hydrogens is 1070 g/mol. The van der Waals surface area contributed by atoms with Crippen LogP contribution in [0.4, 0.5) is 0 Å². The fraction of sp³-hybridized carbons (Fsp3) is 0.877. The van der Waals surface area contributed by atoms with Crippen LogP contribution in [0.5, 0.6) is 0 Å². The van der Waals surface area contributed by atoms with Crippen molar-refractivity contribution in [3.63, 3.8) is 0 Å². The normalized spacial score (nSPS) is 12.7. The summed E-state index contributed by atoms with van der Waals surface area (Å²) in [5.41, 5.74) is 0. The van der Waals surface area contributed by atoms with E-state index in [2.05, 4.69) is 55.6 Å². The van der Waals surface area contributed by atoms with Gasteiger partial charge in [-0.15, -0.1) is 0 Å². The third kappa shape index (κ3) is 72.8. The van der Waals surface area contributed by atoms with Gasteiger partial charge < -0.3 is 20.3 Å². The quantitative estimate of drug-likeness (QED) is 0.0320. The number of amides is 1. The maximum Gasteiger partial charge on any atom is 0.305 e. The van der Waals surface area contributed by atoms with Crippen molar-refractivity contribution in [3.8, 4) is 0 Å². The van der Waals surface area contributed by atoms with E-state index < -0.39 is 12.1 Å². The Bertz CT molecular complexity index is 1450. The van der Waals surface area contributed by atoms with Crippen molar-refractivity contribution in [2.45, 2.75) is 443 Å². The molecule has 0 rings (SSSR count). The molecule has 0 fully saturated rings. The number of rotatable bonds is 74. The Balaban J connectivity index is 3.39. The van der Waals surface area contributed by atoms with Gasteiger partial charge in [-0.3, -0.25) is 9.59 Å². The Morgan fingerprint density at radius 2 is 0.575 bits per heavy atom. The molecular formula is C81H153NO5. The van der Waals surface area contributed by atoms with Gasteiger partial charge in [0.2, 0.25) is 5.91 Å². The van der Waals surface area contributed by atoms with E-state index in [0.717, 1.165) is 51.4 Å². The highest BCUT2D eigenvalue weighted by Gasteiger charge is 2.18. The zero-order valence-corrected chi connectivity index (χ0v) is 58.8. The smallest absolute Gasteiger partial charge is 0.305 e. The Morgan fingerprint density at radius 1 is 0.322 bits per heavy atom. The van der Waals surface area contributed by atoms with Crippen molar-refractivity contribution in [1.82, 2.24) is 5.32 Å². The molecule has 0 aliphatic heterocycles. The molecule has 87 heavy (non-hydrogen) atoms. The molecule has 0 spiro atoms. The van der Waals surface area contributed by atoms with Crippen molar-refractivity contribution in [2.75, 3.05) is 13.2 Å². The molecule has 6 heteroatoms. The van der Waals surface area contributed by atoms with Gasteiger partial charge in [0.05, 0.1) is 25.4 Å². The first kappa shape index (κ1) is 84.8. The van der Waals surface area contributed by atoms with Crippen molar-refractivity contribution in [3.05, 3.63) is 48.6 Å². The van der Waals surface area contributed by atoms with Gasteiger partial charge >= 0.3 is 5.97 Å². The van der Waals surface area contributed by atoms with Gasteiger partial charge in [0.15, 0.2) is 0 Å². The van der Waals surface area contributed by atoms with E-state index in [1.807, 2.05) is 6.08 Å². The van der Waals surface area contributed by atoms with Crippen molar-refractivity contribution < 1.29 is 24.5 Å². The number of esters is 1. The molecule has 0 heterocycles. The molecule has 0 aromatic rings. The van der Waals surface area contributed by atoms with E-state index in [-0.39, 0.29) is 18.5 Å². The van der Waals surface area contributed by atoms with Crippen LogP contribution in [0.25, 0.3) is 0 Å². The van der Waals surface area contributed by atoms with Gasteiger partial charge in [-0.1, -0.05) is 377 Å². The van der Waals surface area contributed by atoms with Crippen LogP contribution in [0.15, 0.2) is 48.6 Å². The molecule has 0 aromatic heterocycles. The summed E-state index contributed by atoms with van der Waals surface area (Å²) < 4.78 is 5.48. The molecule has 0 aliphatic rings. The lowest BCUT2D eigenvalue weighted by atomic mass is 10.0. The molecule has 0 saturated carbocycles. The number of hydrogen-bond donors (Lipinski definition) is 3. The third-order valence-corrected chi connectivity index (χ3v) is 18.3. The third-order valence-electron chi connectivity index (χ3n) is 18.3. The largest absolute Gasteiger partial charge is 0.466 e. The summed E-state index contributed by atoms with van der Waals surface area (Å²) >= 11 is 0. The van der Waals surface area contributed by atoms with Gasteiger partial charge in [-0.05, 0) is 89.9 Å². The zero-order valence-electron chi connectivity index (χ0n) is 58.8. The van der Waals surface area contributed by atoms with E-state index in [1.165, 1.54) is 353 Å². The lowest BCUT2D eigenvalue weighted by Crippen LogP contribution is -2.45. The highest BCUT2D eigenvalue weighted by molar-refractivity contribution is 5.76. The fourth-order valence-electron chi connectivity index (χ4n) is 12.3. The lowest BCUT2D eigenvalue weighted by molar-refractivity contribution is -0.143. The van der Waals surface area contributed by atoms with Gasteiger partial charge in [0.25, 0.3) is 0 Å². The maximum atomic E-state index is 12.5. The van der Waals surface area contributed by atoms with Crippen LogP contribution in [0, 0.1) is 0 Å². The second-order valence-corrected chi connectivity index (χ2v) is 27.0. The second-order valence-electron chi connectivity index (χ2n) is 27.0. The number of hydrogen-bond acceptors (Lipinski definition) is 5. The van der Waals surface area contributed by atoms with Crippen LogP contribution in [-0.4, -0.2) is 47.4 Å². The number of aliphatic hydroxyl groups excluding tert-OH is 2. The summed E-state index contributed by atoms with van der Waals surface area (Å²) in [7, 11) is 0. The van der Waals surface area contributed by atoms with Crippen molar-refractivity contribution >= 4 is 11.9 Å². The van der Waals surface area contributed by atoms with E-state index in [1.54, 1.807) is 6.08 Å². The Morgan fingerprint density at radius 3 is 0.897 bits per heavy atom. The summed E-state index contributed by atoms with van der Waals surface area (Å²) in [5.74, 6) is -0.0518. The van der Waals surface area contributed by atoms with E-state index >= 15 is 0 Å². The first-order valence-corrected chi connectivity index (χ1v) is 39.4. The Hall–Kier alpha value is -2.18. The Kier molecular flexibility index (Phi) is 74.4. The van der Waals surface area contributed by atoms with Crippen molar-refractivity contribution in [1.29, 1.82) is 0 Å². The Labute approximate surface area is 544 Å². The fourth-order valence-corrected chi connectivity index (χ4v) is 12.3. The first-order valence-electron chi connectivity index (χ1n) is 39.4. The molecule has 2 unspecified atom stereocenters. The minimum Gasteiger partial charge on any atom is -0.466 e. The van der Waals surface area contributed by atoms with E-state index in [0.29, 0.717) is 19.4 Å². The van der Waals surface area contributed by atoms with Crippen LogP contribution in [0.3, 0.4) is 0 Å². The molecule has 0 aliphatic carbocycles. The maximum absolute atomic E-state index is 12.5. The zero-order chi connectivity index (χ0) is 62.8. The summed E-state index contributed by atoms with van der Waals surface area (Å²) in [6.45, 7) is 4.93. The standard InChI is InChI=1S/C81H153NO5/c1-3-5-7-9-11-13-15-17-18-19-20-40-43-46-50-53-57-61-65-69-73-79(84)78(77-83)82-80(85)74-70-66-62-58-54-51-47-44-41-38-36-34-32-30-28-26-24-22-21-23-25-27-29-31-33-35-37-39-42-45-48-52-56-60-64-68-72-76-87-81(86)75-71-67-63-59-55-49-16-14-12-10-8-6-4-2/h14,16,21,23,27,29,69,73,78-79,83-84H,3-13,15,17-20,22,24-26,28,30-68,70-72,74-77H2,1-2H3,(H,82,85)/b16-14-,23-21-,29-27-,73-69+. The summed E-state index contributed by atoms with van der Waals surface area (Å²) in [6, 6.07) is -0.627. The molecule has 0 saturated heterocycles. The van der Waals surface area contributed by atoms with E-state index in [9.17, 15) is 19.8 Å². The van der Waals surface area contributed by atoms with Crippen LogP contribution >= 0.6 is 0 Å². The van der Waals surface area contributed by atoms with Crippen LogP contribution in [0.2, 0.25) is 0 Å². The van der Waals surface area contributed by atoms with Gasteiger partial charge in [-0.2, -0.15) is 0 Å². The number of unbranched alkanes of at least 4 members (excludes halogenated alkanes) is 57. The summed E-state index contributed by atoms with van der Waals surface area (Å²) in [5, 5.41) is 23.3. The highest BCUT2D eigenvalue weighted by atomic mass is 16.5. The number of ether oxygens (including phenoxy) is 1. The molecule has 2 atom stereocenters. The topological polar surface area (TPSA) is 95.9 Å². The van der Waals surface area contributed by atoms with Crippen molar-refractivity contribution in [2.24, 2.45) is 0 Å². The molecule has 0 radical (unpaired) electrons. The second kappa shape index (κ2) is 76.3. The van der Waals surface area contributed by atoms with Gasteiger partial charge in [0.1, 0.15) is 0 Å². The van der Waals surface area contributed by atoms with Crippen LogP contribution < -0.4 is 5.32 Å². The predicted molar refractivity (Wildman–Crippen MR) is 384 cm³/mol. The number of nitrogens with one attached hydrogen (secondary N) is 1. The number of aliphatic hydroxyl groups is 2. The summed E-state index contributed by atoms with van der Waals surface area (Å²) in [6.07, 6.45) is 101. The average molecular weight is 1220 g/mol. The first-order chi connectivity index (χ1) is 43.0. The number of carbonyl (C=O) groups excluding carboxylic acids is 2. The molecule has 1 amide bonds. The number of carbonyl (C=O) groups is 2. The molecule has 512 valence electrons. The monoisotopic (exact) mass is 1220 g/mol. The molecule has 3 N–H and O–H groups in total. The lowest BCUT2D eigenvalue weighted by Gasteiger charge is -2.20. The molecule has 0 aromatic carbocycles. The van der Waals surface area contributed by atoms with E-state index in [4.69, 9.17) is 4.74 Å². The average Bonchev–Trinajstić information content (AvgIpc) is 3.54. The van der Waals surface area contributed by atoms with Gasteiger partial charge in [-0.25, -0.2) is 0 Å². The highest BCUT2D eigenvalue weighted by Crippen LogP contribution is 2.19. The summed E-state index contributed by atoms with van der Waals surface area (Å²) in [4.78, 5) is 24.6. The SMILES string of the molecule is CCCCCC/C=C\CCCCCCCC(=O)OCCCCCCCCCCCCCCC/C=C\C/C=C\CCCCCCCCCCCCCCCCCCCC(=O)NC(CO)C(O)/C=C/CCCCCCCCCCCCCCCCCCCC. The molecule has 0 bridgehead atoms. The minimum absolute atomic E-state index is 0.00958. The van der Waals surface area contributed by atoms with Crippen LogP contribution in [0.1, 0.15) is 431 Å². The minimum atomic E-state index is -0.844. The predicted octanol–water partition coefficient (Wildman–Crippen LogP) is 26.0. The van der Waals surface area contributed by atoms with Crippen LogP contribution in [-0.2, 0) is 14.3 Å². The molecule has 6 nitrogen and oxygen atoms in total.